The van der Waals surface area contributed by atoms with Gasteiger partial charge in [-0.15, -0.1) is 81.8 Å². The van der Waals surface area contributed by atoms with Gasteiger partial charge in [0.05, 0.1) is 0 Å². The Morgan fingerprint density at radius 3 is 1.57 bits per heavy atom. The summed E-state index contributed by atoms with van der Waals surface area (Å²) in [5.41, 5.74) is 0. The molecule has 0 bridgehead atoms. The van der Waals surface area contributed by atoms with Gasteiger partial charge in [-0.2, -0.15) is 12.1 Å². The first kappa shape index (κ1) is 12.6. The van der Waals surface area contributed by atoms with Crippen LogP contribution in [0.2, 0.25) is 13.1 Å². The van der Waals surface area contributed by atoms with Crippen molar-refractivity contribution >= 4 is 40.0 Å². The van der Waals surface area contributed by atoms with E-state index < -0.39 is 8.07 Å². The van der Waals surface area contributed by atoms with Gasteiger partial charge in [0.1, 0.15) is 0 Å². The van der Waals surface area contributed by atoms with E-state index in [9.17, 15) is 0 Å². The Morgan fingerprint density at radius 2 is 1.10 bits per heavy atom. The Balaban J connectivity index is 1.97. The smallest absolute Gasteiger partial charge is 0.0195 e. The van der Waals surface area contributed by atoms with E-state index in [0.717, 1.165) is 0 Å². The van der Waals surface area contributed by atoms with E-state index in [1.807, 2.05) is 0 Å². The molecule has 0 aliphatic carbocycles. The fourth-order valence-corrected chi connectivity index (χ4v) is 6.63. The lowest BCUT2D eigenvalue weighted by Gasteiger charge is -2.31. The number of benzene rings is 2. The summed E-state index contributed by atoms with van der Waals surface area (Å²) in [5.74, 6) is 0. The maximum atomic E-state index is 2.47. The van der Waals surface area contributed by atoms with Gasteiger partial charge in [0.2, 0.25) is 0 Å². The molecule has 0 aliphatic heterocycles. The molecular weight excluding hydrogens is 268 g/mol. The van der Waals surface area contributed by atoms with Crippen LogP contribution in [-0.4, -0.2) is 8.07 Å². The maximum absolute atomic E-state index is 2.47. The van der Waals surface area contributed by atoms with Crippen LogP contribution in [0.15, 0.2) is 72.8 Å². The predicted octanol–water partition coefficient (Wildman–Crippen LogP) is 4.25. The lowest BCUT2D eigenvalue weighted by atomic mass is 10.2. The molecule has 4 aromatic carbocycles. The molecule has 0 saturated heterocycles. The molecule has 0 fully saturated rings. The van der Waals surface area contributed by atoms with Crippen LogP contribution in [0.25, 0.3) is 21.5 Å². The lowest BCUT2D eigenvalue weighted by Crippen LogP contribution is -2.52. The molecule has 0 nitrogen and oxygen atoms in total. The van der Waals surface area contributed by atoms with Crippen LogP contribution in [0.5, 0.6) is 0 Å². The van der Waals surface area contributed by atoms with Crippen LogP contribution >= 0.6 is 0 Å². The van der Waals surface area contributed by atoms with Crippen LogP contribution in [0.1, 0.15) is 0 Å². The summed E-state index contributed by atoms with van der Waals surface area (Å²) in [6.07, 6.45) is 0. The summed E-state index contributed by atoms with van der Waals surface area (Å²) in [6, 6.07) is 26.7. The van der Waals surface area contributed by atoms with Crippen molar-refractivity contribution in [3.05, 3.63) is 72.8 Å². The molecule has 0 radical (unpaired) electrons. The fraction of sp³-hybridized carbons (Fsp3) is 0.100. The van der Waals surface area contributed by atoms with E-state index in [4.69, 9.17) is 0 Å². The van der Waals surface area contributed by atoms with Crippen molar-refractivity contribution in [1.82, 2.24) is 0 Å². The van der Waals surface area contributed by atoms with Crippen molar-refractivity contribution < 1.29 is 0 Å². The highest BCUT2D eigenvalue weighted by atomic mass is 28.3. The molecule has 4 aromatic rings. The molecule has 1 heteroatoms. The monoisotopic (exact) mass is 286 g/mol. The van der Waals surface area contributed by atoms with Gasteiger partial charge in [-0.05, 0) is 0 Å². The maximum Gasteiger partial charge on any atom is 0.0195 e. The average molecular weight is 286 g/mol. The van der Waals surface area contributed by atoms with Crippen LogP contribution in [0.4, 0.5) is 0 Å². The van der Waals surface area contributed by atoms with Gasteiger partial charge < -0.3 is 0 Å². The highest BCUT2D eigenvalue weighted by Crippen LogP contribution is 2.21. The standard InChI is InChI=1S/C20H18Si/c1-21(2,19-13-11-15-7-3-5-9-17(15)19)20-14-12-16-8-4-6-10-18(16)20/h3-14H,1-2H3/q-2. The minimum absolute atomic E-state index is 1.36. The van der Waals surface area contributed by atoms with Gasteiger partial charge in [-0.25, -0.2) is 0 Å². The fourth-order valence-electron chi connectivity index (χ4n) is 3.54. The summed E-state index contributed by atoms with van der Waals surface area (Å²) in [6.45, 7) is 4.94. The van der Waals surface area contributed by atoms with Gasteiger partial charge in [0.25, 0.3) is 0 Å². The van der Waals surface area contributed by atoms with Gasteiger partial charge in [-0.1, -0.05) is 23.9 Å². The molecule has 21 heavy (non-hydrogen) atoms. The Kier molecular flexibility index (Phi) is 2.66. The number of fused-ring (bicyclic) bond motifs is 2. The lowest BCUT2D eigenvalue weighted by molar-refractivity contribution is 1.81. The Morgan fingerprint density at radius 1 is 0.619 bits per heavy atom. The van der Waals surface area contributed by atoms with Crippen LogP contribution < -0.4 is 10.4 Å². The van der Waals surface area contributed by atoms with Gasteiger partial charge >= 0.3 is 0 Å². The molecule has 0 heterocycles. The van der Waals surface area contributed by atoms with Gasteiger partial charge in [-0.3, -0.25) is 0 Å². The second-order valence-electron chi connectivity index (χ2n) is 6.29. The Bertz CT molecular complexity index is 845. The first-order valence-electron chi connectivity index (χ1n) is 7.48. The molecule has 0 amide bonds. The van der Waals surface area contributed by atoms with Crippen LogP contribution in [0.3, 0.4) is 0 Å². The molecule has 0 saturated carbocycles. The Labute approximate surface area is 126 Å². The number of hydrogen-bond donors (Lipinski definition) is 0. The summed E-state index contributed by atoms with van der Waals surface area (Å²) in [5, 5.41) is 8.69. The largest absolute Gasteiger partial charge is 0.151 e. The van der Waals surface area contributed by atoms with Crippen molar-refractivity contribution in [3.8, 4) is 0 Å². The molecule has 4 rings (SSSR count). The minimum Gasteiger partial charge on any atom is -0.151 e. The summed E-state index contributed by atoms with van der Waals surface area (Å²) >= 11 is 0. The van der Waals surface area contributed by atoms with E-state index >= 15 is 0 Å². The van der Waals surface area contributed by atoms with Crippen molar-refractivity contribution in [2.75, 3.05) is 0 Å². The van der Waals surface area contributed by atoms with E-state index in [-0.39, 0.29) is 0 Å². The van der Waals surface area contributed by atoms with Crippen LogP contribution in [-0.2, 0) is 0 Å². The third-order valence-electron chi connectivity index (χ3n) is 4.71. The molecule has 0 N–H and O–H groups in total. The predicted molar refractivity (Wildman–Crippen MR) is 95.8 cm³/mol. The van der Waals surface area contributed by atoms with Crippen molar-refractivity contribution in [2.45, 2.75) is 13.1 Å². The molecule has 0 spiro atoms. The van der Waals surface area contributed by atoms with Crippen molar-refractivity contribution in [3.63, 3.8) is 0 Å². The normalized spacial score (nSPS) is 12.3. The minimum atomic E-state index is -1.68. The molecule has 104 valence electrons. The number of hydrogen-bond acceptors (Lipinski definition) is 0. The van der Waals surface area contributed by atoms with E-state index in [2.05, 4.69) is 85.9 Å². The Hall–Kier alpha value is -2.12. The second kappa shape index (κ2) is 4.44. The second-order valence-corrected chi connectivity index (χ2v) is 10.6. The summed E-state index contributed by atoms with van der Waals surface area (Å²) < 4.78 is 0. The number of rotatable bonds is 2. The van der Waals surface area contributed by atoms with E-state index in [0.29, 0.717) is 0 Å². The quantitative estimate of drug-likeness (QED) is 0.382. The summed E-state index contributed by atoms with van der Waals surface area (Å²) in [7, 11) is -1.68. The SMILES string of the molecule is C[Si](C)(c1cc[c-]2ccccc12)c1cc[c-]2ccccc12. The molecule has 0 atom stereocenters. The molecular formula is C20H18Si-2. The molecule has 0 aromatic heterocycles. The average Bonchev–Trinajstić information content (AvgIpc) is 3.12. The topological polar surface area (TPSA) is 0 Å². The highest BCUT2D eigenvalue weighted by Gasteiger charge is 2.21. The van der Waals surface area contributed by atoms with Crippen molar-refractivity contribution in [1.29, 1.82) is 0 Å². The van der Waals surface area contributed by atoms with Gasteiger partial charge in [0, 0.05) is 8.07 Å². The first-order valence-corrected chi connectivity index (χ1v) is 10.5. The van der Waals surface area contributed by atoms with E-state index in [1.54, 1.807) is 10.4 Å². The van der Waals surface area contributed by atoms with Crippen LogP contribution in [0, 0.1) is 0 Å². The third-order valence-corrected chi connectivity index (χ3v) is 8.27. The summed E-state index contributed by atoms with van der Waals surface area (Å²) in [4.78, 5) is 0. The zero-order valence-corrected chi connectivity index (χ0v) is 13.4. The zero-order valence-electron chi connectivity index (χ0n) is 12.4. The first-order chi connectivity index (χ1) is 10.2. The molecule has 0 unspecified atom stereocenters. The van der Waals surface area contributed by atoms with Crippen molar-refractivity contribution in [2.24, 2.45) is 0 Å². The van der Waals surface area contributed by atoms with Gasteiger partial charge in [0.15, 0.2) is 0 Å². The van der Waals surface area contributed by atoms with E-state index in [1.165, 1.54) is 21.5 Å². The third kappa shape index (κ3) is 1.81. The highest BCUT2D eigenvalue weighted by molar-refractivity contribution is 7.03. The zero-order chi connectivity index (χ0) is 14.4. The molecule has 0 aliphatic rings.